The van der Waals surface area contributed by atoms with Gasteiger partial charge in [-0.3, -0.25) is 0 Å². The summed E-state index contributed by atoms with van der Waals surface area (Å²) >= 11 is 0. The first-order chi connectivity index (χ1) is 11.6. The summed E-state index contributed by atoms with van der Waals surface area (Å²) in [5.74, 6) is 0.923. The first-order valence-corrected chi connectivity index (χ1v) is 7.97. The number of para-hydroxylation sites is 2. The Bertz CT molecular complexity index is 511. The van der Waals surface area contributed by atoms with Gasteiger partial charge in [-0.15, -0.1) is 0 Å². The number of unbranched alkanes of at least 4 members (excludes halogenated alkanes) is 2. The molecule has 0 saturated heterocycles. The lowest BCUT2D eigenvalue weighted by molar-refractivity contribution is -0.0465. The maximum atomic E-state index is 11.3. The number of hydrogen-bond donors (Lipinski definition) is 2. The lowest BCUT2D eigenvalue weighted by atomic mass is 10.2. The first kappa shape index (κ1) is 19.7. The minimum atomic E-state index is -1.10. The number of carbonyl (C=O) groups is 1. The number of aliphatic hydroxyl groups excluding tert-OH is 1. The monoisotopic (exact) mass is 332 g/mol. The van der Waals surface area contributed by atoms with E-state index >= 15 is 0 Å². The van der Waals surface area contributed by atoms with Gasteiger partial charge in [-0.05, 0) is 37.1 Å². The quantitative estimate of drug-likeness (QED) is 0.360. The Labute approximate surface area is 142 Å². The zero-order valence-corrected chi connectivity index (χ0v) is 13.8. The zero-order chi connectivity index (χ0) is 17.6. The molecule has 2 aromatic rings. The second-order valence-electron chi connectivity index (χ2n) is 5.06. The largest absolute Gasteiger partial charge is 0.519 e. The Hall–Kier alpha value is -2.37. The van der Waals surface area contributed by atoms with Gasteiger partial charge in [0.25, 0.3) is 0 Å². The lowest BCUT2D eigenvalue weighted by Crippen LogP contribution is -2.13. The van der Waals surface area contributed by atoms with Crippen molar-refractivity contribution in [3.63, 3.8) is 0 Å². The highest BCUT2D eigenvalue weighted by atomic mass is 16.7. The average molecular weight is 332 g/mol. The Morgan fingerprint density at radius 3 is 1.71 bits per heavy atom. The van der Waals surface area contributed by atoms with Gasteiger partial charge >= 0.3 is 6.16 Å². The van der Waals surface area contributed by atoms with Gasteiger partial charge < -0.3 is 19.7 Å². The van der Waals surface area contributed by atoms with Crippen LogP contribution < -0.4 is 9.47 Å². The smallest absolute Gasteiger partial charge is 0.395 e. The zero-order valence-electron chi connectivity index (χ0n) is 13.8. The van der Waals surface area contributed by atoms with Crippen LogP contribution in [0.3, 0.4) is 0 Å². The molecule has 0 aliphatic carbocycles. The van der Waals surface area contributed by atoms with Gasteiger partial charge in [0, 0.05) is 0 Å². The molecule has 0 unspecified atom stereocenters. The van der Waals surface area contributed by atoms with Crippen molar-refractivity contribution < 1.29 is 24.5 Å². The predicted octanol–water partition coefficient (Wildman–Crippen LogP) is 4.14. The molecule has 0 spiro atoms. The van der Waals surface area contributed by atoms with E-state index in [1.165, 1.54) is 0 Å². The van der Waals surface area contributed by atoms with E-state index in [-0.39, 0.29) is 0 Å². The number of rotatable bonds is 6. The number of hydrogen-bond acceptors (Lipinski definition) is 5. The molecule has 5 nitrogen and oxygen atoms in total. The lowest BCUT2D eigenvalue weighted by Gasteiger charge is -2.04. The summed E-state index contributed by atoms with van der Waals surface area (Å²) in [6.45, 7) is 2.09. The minimum absolute atomic E-state index is 0.462. The molecule has 2 aromatic carbocycles. The number of carbonyl (C=O) groups excluding carboxylic acids is 1. The van der Waals surface area contributed by atoms with E-state index in [1.807, 2.05) is 12.1 Å². The summed E-state index contributed by atoms with van der Waals surface area (Å²) in [7, 11) is 0. The summed E-state index contributed by atoms with van der Waals surface area (Å²) in [5.41, 5.74) is 0. The van der Waals surface area contributed by atoms with Crippen LogP contribution in [0.1, 0.15) is 32.6 Å². The van der Waals surface area contributed by atoms with Gasteiger partial charge in [0.05, 0.1) is 0 Å². The number of ether oxygens (including phenoxy) is 2. The van der Waals surface area contributed by atoms with E-state index in [0.29, 0.717) is 17.9 Å². The Kier molecular flexibility index (Phi) is 9.92. The molecule has 0 atom stereocenters. The van der Waals surface area contributed by atoms with Gasteiger partial charge in [0.2, 0.25) is 0 Å². The molecule has 0 saturated carbocycles. The molecular formula is C19H24O5. The fourth-order valence-electron chi connectivity index (χ4n) is 1.77. The summed E-state index contributed by atoms with van der Waals surface area (Å²) in [6, 6.07) is 17.6. The van der Waals surface area contributed by atoms with Crippen molar-refractivity contribution >= 4 is 6.16 Å². The van der Waals surface area contributed by atoms with E-state index < -0.39 is 12.4 Å². The van der Waals surface area contributed by atoms with Crippen molar-refractivity contribution in [2.45, 2.75) is 38.9 Å². The molecule has 130 valence electrons. The molecule has 5 heteroatoms. The molecule has 2 rings (SSSR count). The molecule has 24 heavy (non-hydrogen) atoms. The average Bonchev–Trinajstić information content (AvgIpc) is 2.57. The second-order valence-corrected chi connectivity index (χ2v) is 5.06. The van der Waals surface area contributed by atoms with Gasteiger partial charge in [-0.1, -0.05) is 56.2 Å². The van der Waals surface area contributed by atoms with E-state index in [2.05, 4.69) is 6.92 Å². The number of aliphatic hydroxyl groups is 2. The van der Waals surface area contributed by atoms with Crippen LogP contribution >= 0.6 is 0 Å². The Balaban J connectivity index is 0.000000307. The second kappa shape index (κ2) is 12.1. The van der Waals surface area contributed by atoms with E-state index in [1.54, 1.807) is 48.5 Å². The summed E-state index contributed by atoms with van der Waals surface area (Å²) in [6.07, 6.45) is 1.84. The van der Waals surface area contributed by atoms with E-state index in [4.69, 9.17) is 19.7 Å². The third kappa shape index (κ3) is 9.61. The molecule has 0 bridgehead atoms. The van der Waals surface area contributed by atoms with Crippen LogP contribution in [0.15, 0.2) is 60.7 Å². The van der Waals surface area contributed by atoms with Crippen LogP contribution in [0, 0.1) is 0 Å². The summed E-state index contributed by atoms with van der Waals surface area (Å²) in [5, 5.41) is 16.7. The highest BCUT2D eigenvalue weighted by molar-refractivity contribution is 5.66. The van der Waals surface area contributed by atoms with Crippen LogP contribution in [-0.4, -0.2) is 22.7 Å². The van der Waals surface area contributed by atoms with Crippen LogP contribution in [0.4, 0.5) is 4.79 Å². The minimum Gasteiger partial charge on any atom is -0.395 e. The molecule has 0 amide bonds. The number of benzene rings is 2. The van der Waals surface area contributed by atoms with Gasteiger partial charge in [-0.25, -0.2) is 4.79 Å². The maximum Gasteiger partial charge on any atom is 0.519 e. The van der Waals surface area contributed by atoms with Crippen LogP contribution in [-0.2, 0) is 0 Å². The standard InChI is InChI=1S/C13H10O3.C6H14O2/c14-13(15-11-7-3-1-4-8-11)16-12-9-5-2-6-10-12;1-2-3-4-5-6(7)8/h1-10H;6-8H,2-5H2,1H3. The third-order valence-electron chi connectivity index (χ3n) is 2.95. The summed E-state index contributed by atoms with van der Waals surface area (Å²) < 4.78 is 9.91. The van der Waals surface area contributed by atoms with Crippen molar-refractivity contribution in [2.75, 3.05) is 0 Å². The SMILES string of the molecule is CCCCCC(O)O.O=C(Oc1ccccc1)Oc1ccccc1. The Morgan fingerprint density at radius 1 is 0.875 bits per heavy atom. The van der Waals surface area contributed by atoms with Crippen LogP contribution in [0.2, 0.25) is 0 Å². The fraction of sp³-hybridized carbons (Fsp3) is 0.316. The highest BCUT2D eigenvalue weighted by Crippen LogP contribution is 2.12. The molecular weight excluding hydrogens is 308 g/mol. The molecule has 0 fully saturated rings. The fourth-order valence-corrected chi connectivity index (χ4v) is 1.77. The highest BCUT2D eigenvalue weighted by Gasteiger charge is 2.06. The van der Waals surface area contributed by atoms with Crippen LogP contribution in [0.25, 0.3) is 0 Å². The van der Waals surface area contributed by atoms with Gasteiger partial charge in [0.15, 0.2) is 6.29 Å². The first-order valence-electron chi connectivity index (χ1n) is 7.97. The molecule has 0 aliphatic rings. The van der Waals surface area contributed by atoms with Gasteiger partial charge in [0.1, 0.15) is 11.5 Å². The predicted molar refractivity (Wildman–Crippen MR) is 91.9 cm³/mol. The van der Waals surface area contributed by atoms with Gasteiger partial charge in [-0.2, -0.15) is 0 Å². The normalized spacial score (nSPS) is 9.83. The molecule has 0 radical (unpaired) electrons. The van der Waals surface area contributed by atoms with Crippen molar-refractivity contribution in [3.8, 4) is 11.5 Å². The Morgan fingerprint density at radius 2 is 1.33 bits per heavy atom. The van der Waals surface area contributed by atoms with Crippen LogP contribution in [0.5, 0.6) is 11.5 Å². The van der Waals surface area contributed by atoms with Crippen molar-refractivity contribution in [1.82, 2.24) is 0 Å². The van der Waals surface area contributed by atoms with E-state index in [9.17, 15) is 4.79 Å². The summed E-state index contributed by atoms with van der Waals surface area (Å²) in [4.78, 5) is 11.3. The van der Waals surface area contributed by atoms with Crippen molar-refractivity contribution in [2.24, 2.45) is 0 Å². The third-order valence-corrected chi connectivity index (χ3v) is 2.95. The topological polar surface area (TPSA) is 76.0 Å². The molecule has 0 heterocycles. The van der Waals surface area contributed by atoms with Crippen molar-refractivity contribution in [1.29, 1.82) is 0 Å². The molecule has 2 N–H and O–H groups in total. The molecule has 0 aliphatic heterocycles. The van der Waals surface area contributed by atoms with E-state index in [0.717, 1.165) is 19.3 Å². The molecule has 0 aromatic heterocycles. The van der Waals surface area contributed by atoms with Crippen molar-refractivity contribution in [3.05, 3.63) is 60.7 Å². The maximum absolute atomic E-state index is 11.3.